The average molecular weight is 379 g/mol. The SMILES string of the molecule is Cc1ccc(C(=O)N2CCC(C(=O)c3ccc4c(c3)OCCO4)CC2)c(C)c1. The number of likely N-dealkylation sites (tertiary alicyclic amines) is 1. The lowest BCUT2D eigenvalue weighted by molar-refractivity contribution is 0.0649. The molecule has 0 unspecified atom stereocenters. The van der Waals surface area contributed by atoms with E-state index in [0.717, 1.165) is 16.7 Å². The van der Waals surface area contributed by atoms with Crippen LogP contribution in [0.15, 0.2) is 36.4 Å². The van der Waals surface area contributed by atoms with Gasteiger partial charge in [0.15, 0.2) is 17.3 Å². The Morgan fingerprint density at radius 1 is 0.929 bits per heavy atom. The Kier molecular flexibility index (Phi) is 5.07. The van der Waals surface area contributed by atoms with E-state index in [1.165, 1.54) is 0 Å². The van der Waals surface area contributed by atoms with Crippen LogP contribution in [-0.4, -0.2) is 42.9 Å². The summed E-state index contributed by atoms with van der Waals surface area (Å²) in [5.41, 5.74) is 3.56. The van der Waals surface area contributed by atoms with Crippen LogP contribution in [0.5, 0.6) is 11.5 Å². The van der Waals surface area contributed by atoms with Gasteiger partial charge in [-0.2, -0.15) is 0 Å². The number of benzene rings is 2. The van der Waals surface area contributed by atoms with Crippen molar-refractivity contribution in [3.63, 3.8) is 0 Å². The molecule has 2 aliphatic heterocycles. The van der Waals surface area contributed by atoms with E-state index in [-0.39, 0.29) is 17.6 Å². The summed E-state index contributed by atoms with van der Waals surface area (Å²) in [6.07, 6.45) is 1.37. The van der Waals surface area contributed by atoms with Crippen LogP contribution in [0.1, 0.15) is 44.7 Å². The zero-order chi connectivity index (χ0) is 19.7. The molecule has 4 rings (SSSR count). The van der Waals surface area contributed by atoms with Gasteiger partial charge in [-0.15, -0.1) is 0 Å². The topological polar surface area (TPSA) is 55.8 Å². The van der Waals surface area contributed by atoms with Crippen molar-refractivity contribution in [3.05, 3.63) is 58.7 Å². The second-order valence-electron chi connectivity index (χ2n) is 7.61. The molecule has 0 aromatic heterocycles. The normalized spacial score (nSPS) is 16.7. The van der Waals surface area contributed by atoms with Gasteiger partial charge in [0.25, 0.3) is 5.91 Å². The number of aryl methyl sites for hydroxylation is 2. The van der Waals surface area contributed by atoms with Gasteiger partial charge in [0.1, 0.15) is 13.2 Å². The molecule has 2 aromatic rings. The van der Waals surface area contributed by atoms with Crippen molar-refractivity contribution in [2.75, 3.05) is 26.3 Å². The van der Waals surface area contributed by atoms with Crippen molar-refractivity contribution in [1.82, 2.24) is 4.90 Å². The zero-order valence-corrected chi connectivity index (χ0v) is 16.4. The Labute approximate surface area is 165 Å². The fourth-order valence-electron chi connectivity index (χ4n) is 4.00. The molecular weight excluding hydrogens is 354 g/mol. The molecule has 0 spiro atoms. The standard InChI is InChI=1S/C23H25NO4/c1-15-3-5-19(16(2)13-15)23(26)24-9-7-17(8-10-24)22(25)18-4-6-20-21(14-18)28-12-11-27-20/h3-6,13-14,17H,7-12H2,1-2H3. The van der Waals surface area contributed by atoms with E-state index in [0.29, 0.717) is 56.2 Å². The van der Waals surface area contributed by atoms with Crippen molar-refractivity contribution < 1.29 is 19.1 Å². The van der Waals surface area contributed by atoms with Crippen molar-refractivity contribution in [2.45, 2.75) is 26.7 Å². The number of hydrogen-bond donors (Lipinski definition) is 0. The van der Waals surface area contributed by atoms with Gasteiger partial charge >= 0.3 is 0 Å². The Hall–Kier alpha value is -2.82. The van der Waals surface area contributed by atoms with Gasteiger partial charge in [-0.25, -0.2) is 0 Å². The van der Waals surface area contributed by atoms with Crippen LogP contribution in [0, 0.1) is 19.8 Å². The van der Waals surface area contributed by atoms with Crippen molar-refractivity contribution in [2.24, 2.45) is 5.92 Å². The molecule has 0 bridgehead atoms. The lowest BCUT2D eigenvalue weighted by Crippen LogP contribution is -2.40. The maximum atomic E-state index is 12.9. The van der Waals surface area contributed by atoms with Crippen molar-refractivity contribution in [1.29, 1.82) is 0 Å². The first-order chi connectivity index (χ1) is 13.5. The predicted molar refractivity (Wildman–Crippen MR) is 106 cm³/mol. The minimum atomic E-state index is -0.0641. The fourth-order valence-corrected chi connectivity index (χ4v) is 4.00. The Bertz CT molecular complexity index is 913. The molecule has 2 aliphatic rings. The van der Waals surface area contributed by atoms with Crippen LogP contribution in [-0.2, 0) is 0 Å². The Balaban J connectivity index is 1.41. The number of amides is 1. The number of nitrogens with zero attached hydrogens (tertiary/aromatic N) is 1. The van der Waals surface area contributed by atoms with E-state index in [1.54, 1.807) is 12.1 Å². The second-order valence-corrected chi connectivity index (χ2v) is 7.61. The third kappa shape index (κ3) is 3.61. The van der Waals surface area contributed by atoms with E-state index in [4.69, 9.17) is 9.47 Å². The summed E-state index contributed by atoms with van der Waals surface area (Å²) in [6, 6.07) is 11.3. The fraction of sp³-hybridized carbons (Fsp3) is 0.391. The molecule has 146 valence electrons. The van der Waals surface area contributed by atoms with E-state index in [9.17, 15) is 9.59 Å². The number of hydrogen-bond acceptors (Lipinski definition) is 4. The number of fused-ring (bicyclic) bond motifs is 1. The quantitative estimate of drug-likeness (QED) is 0.761. The summed E-state index contributed by atoms with van der Waals surface area (Å²) in [5, 5.41) is 0. The number of piperidine rings is 1. The highest BCUT2D eigenvalue weighted by Crippen LogP contribution is 2.32. The first kappa shape index (κ1) is 18.5. The number of carbonyl (C=O) groups excluding carboxylic acids is 2. The molecular formula is C23H25NO4. The van der Waals surface area contributed by atoms with Gasteiger partial charge in [0.05, 0.1) is 0 Å². The maximum Gasteiger partial charge on any atom is 0.254 e. The third-order valence-electron chi connectivity index (χ3n) is 5.59. The summed E-state index contributed by atoms with van der Waals surface area (Å²) in [7, 11) is 0. The minimum Gasteiger partial charge on any atom is -0.486 e. The molecule has 0 aliphatic carbocycles. The van der Waals surface area contributed by atoms with Gasteiger partial charge < -0.3 is 14.4 Å². The van der Waals surface area contributed by atoms with Crippen LogP contribution in [0.4, 0.5) is 0 Å². The highest BCUT2D eigenvalue weighted by molar-refractivity contribution is 5.99. The third-order valence-corrected chi connectivity index (χ3v) is 5.59. The molecule has 0 N–H and O–H groups in total. The Morgan fingerprint density at radius 2 is 1.64 bits per heavy atom. The molecule has 0 atom stereocenters. The predicted octanol–water partition coefficient (Wildman–Crippen LogP) is 3.81. The largest absolute Gasteiger partial charge is 0.486 e. The van der Waals surface area contributed by atoms with Crippen LogP contribution < -0.4 is 9.47 Å². The summed E-state index contributed by atoms with van der Waals surface area (Å²) in [6.45, 7) is 6.24. The van der Waals surface area contributed by atoms with Crippen LogP contribution in [0.2, 0.25) is 0 Å². The number of rotatable bonds is 3. The summed E-state index contributed by atoms with van der Waals surface area (Å²) < 4.78 is 11.1. The monoisotopic (exact) mass is 379 g/mol. The number of ketones is 1. The molecule has 1 saturated heterocycles. The first-order valence-electron chi connectivity index (χ1n) is 9.83. The van der Waals surface area contributed by atoms with E-state index in [2.05, 4.69) is 0 Å². The lowest BCUT2D eigenvalue weighted by atomic mass is 9.88. The molecule has 0 saturated carbocycles. The summed E-state index contributed by atoms with van der Waals surface area (Å²) in [5.74, 6) is 1.44. The van der Waals surface area contributed by atoms with Crippen LogP contribution in [0.25, 0.3) is 0 Å². The number of carbonyl (C=O) groups is 2. The summed E-state index contributed by atoms with van der Waals surface area (Å²) in [4.78, 5) is 27.6. The molecule has 5 heteroatoms. The molecule has 2 heterocycles. The molecule has 1 amide bonds. The van der Waals surface area contributed by atoms with E-state index in [1.807, 2.05) is 43.0 Å². The Morgan fingerprint density at radius 3 is 2.36 bits per heavy atom. The second kappa shape index (κ2) is 7.66. The van der Waals surface area contributed by atoms with Gasteiger partial charge in [-0.1, -0.05) is 17.7 Å². The van der Waals surface area contributed by atoms with E-state index >= 15 is 0 Å². The van der Waals surface area contributed by atoms with Crippen LogP contribution >= 0.6 is 0 Å². The minimum absolute atomic E-state index is 0.0581. The van der Waals surface area contributed by atoms with Gasteiger partial charge in [0, 0.05) is 30.1 Å². The molecule has 5 nitrogen and oxygen atoms in total. The number of Topliss-reactive ketones (excluding diaryl/α,β-unsaturated/α-hetero) is 1. The molecule has 1 fully saturated rings. The maximum absolute atomic E-state index is 12.9. The van der Waals surface area contributed by atoms with Crippen LogP contribution in [0.3, 0.4) is 0 Å². The van der Waals surface area contributed by atoms with Gasteiger partial charge in [-0.05, 0) is 56.5 Å². The molecule has 0 radical (unpaired) electrons. The smallest absolute Gasteiger partial charge is 0.254 e. The van der Waals surface area contributed by atoms with Crippen molar-refractivity contribution >= 4 is 11.7 Å². The van der Waals surface area contributed by atoms with Gasteiger partial charge in [-0.3, -0.25) is 9.59 Å². The number of ether oxygens (including phenoxy) is 2. The molecule has 28 heavy (non-hydrogen) atoms. The van der Waals surface area contributed by atoms with Crippen molar-refractivity contribution in [3.8, 4) is 11.5 Å². The van der Waals surface area contributed by atoms with Gasteiger partial charge in [0.2, 0.25) is 0 Å². The average Bonchev–Trinajstić information content (AvgIpc) is 2.72. The highest BCUT2D eigenvalue weighted by Gasteiger charge is 2.29. The first-order valence-corrected chi connectivity index (χ1v) is 9.83. The highest BCUT2D eigenvalue weighted by atomic mass is 16.6. The molecule has 2 aromatic carbocycles. The lowest BCUT2D eigenvalue weighted by Gasteiger charge is -2.32. The van der Waals surface area contributed by atoms with E-state index < -0.39 is 0 Å². The zero-order valence-electron chi connectivity index (χ0n) is 16.4. The summed E-state index contributed by atoms with van der Waals surface area (Å²) >= 11 is 0.